The zero-order valence-corrected chi connectivity index (χ0v) is 5.14. The molecule has 0 saturated carbocycles. The van der Waals surface area contributed by atoms with Gasteiger partial charge in [0.05, 0.1) is 0 Å². The number of rotatable bonds is 0. The van der Waals surface area contributed by atoms with Gasteiger partial charge in [0, 0.05) is 50.3 Å². The SMILES string of the molecule is O.O.[AlH3].[Co].[Fe].[Ni]. The van der Waals surface area contributed by atoms with Crippen molar-refractivity contribution in [3.63, 3.8) is 0 Å². The second-order valence-corrected chi connectivity index (χ2v) is 0. The van der Waals surface area contributed by atoms with E-state index in [1.807, 2.05) is 0 Å². The third-order valence-corrected chi connectivity index (χ3v) is 0. The van der Waals surface area contributed by atoms with Crippen molar-refractivity contribution in [1.82, 2.24) is 0 Å². The summed E-state index contributed by atoms with van der Waals surface area (Å²) in [6.45, 7) is 0. The molecule has 0 heterocycles. The van der Waals surface area contributed by atoms with Gasteiger partial charge in [-0.2, -0.15) is 0 Å². The Bertz CT molecular complexity index is 13.5. The maximum absolute atomic E-state index is 0. The zero-order valence-electron chi connectivity index (χ0n) is 2.00. The van der Waals surface area contributed by atoms with Crippen molar-refractivity contribution in [3.8, 4) is 0 Å². The average molecular weight is 240 g/mol. The molecule has 0 aromatic rings. The molecule has 0 aromatic heterocycles. The third kappa shape index (κ3) is 38.0. The van der Waals surface area contributed by atoms with Crippen molar-refractivity contribution in [2.45, 2.75) is 0 Å². The van der Waals surface area contributed by atoms with Gasteiger partial charge in [-0.15, -0.1) is 0 Å². The van der Waals surface area contributed by atoms with Crippen LogP contribution >= 0.6 is 0 Å². The summed E-state index contributed by atoms with van der Waals surface area (Å²) in [6.07, 6.45) is 0. The van der Waals surface area contributed by atoms with Gasteiger partial charge >= 0.3 is 0 Å². The predicted octanol–water partition coefficient (Wildman–Crippen LogP) is -2.84. The summed E-state index contributed by atoms with van der Waals surface area (Å²) >= 11 is 0. The van der Waals surface area contributed by atoms with Crippen molar-refractivity contribution in [3.05, 3.63) is 0 Å². The standard InChI is InChI=1S/Al.Co.Fe.Ni.2H2O.3H/h;;;;2*1H2;;;. The first-order valence-electron chi connectivity index (χ1n) is 0. The zero-order chi connectivity index (χ0) is 0. The topological polar surface area (TPSA) is 63.0 Å². The van der Waals surface area contributed by atoms with Gasteiger partial charge in [0.25, 0.3) is 0 Å². The Kier molecular flexibility index (Phi) is 1060. The molecule has 0 bridgehead atoms. The molecule has 0 aliphatic heterocycles. The van der Waals surface area contributed by atoms with Crippen LogP contribution in [0.2, 0.25) is 0 Å². The molecule has 1 radical (unpaired) electrons. The Morgan fingerprint density at radius 3 is 0.833 bits per heavy atom. The van der Waals surface area contributed by atoms with Gasteiger partial charge in [0.1, 0.15) is 0 Å². The molecule has 6 heteroatoms. The molecule has 0 spiro atoms. The summed E-state index contributed by atoms with van der Waals surface area (Å²) in [5.74, 6) is 0. The van der Waals surface area contributed by atoms with Gasteiger partial charge in [-0.05, 0) is 0 Å². The maximum atomic E-state index is 0. The van der Waals surface area contributed by atoms with E-state index in [2.05, 4.69) is 0 Å². The van der Waals surface area contributed by atoms with Gasteiger partial charge in [-0.25, -0.2) is 0 Å². The number of hydrogen-bond acceptors (Lipinski definition) is 0. The van der Waals surface area contributed by atoms with Crippen LogP contribution in [0.5, 0.6) is 0 Å². The van der Waals surface area contributed by atoms with Crippen LogP contribution in [0.4, 0.5) is 0 Å². The van der Waals surface area contributed by atoms with Crippen molar-refractivity contribution in [2.24, 2.45) is 0 Å². The van der Waals surface area contributed by atoms with E-state index >= 15 is 0 Å². The largest absolute Gasteiger partial charge is 0.412 e. The van der Waals surface area contributed by atoms with E-state index in [1.54, 1.807) is 0 Å². The molecule has 0 aromatic carbocycles. The predicted molar refractivity (Wildman–Crippen MR) is 17.2 cm³/mol. The molecule has 6 heavy (non-hydrogen) atoms. The first-order valence-corrected chi connectivity index (χ1v) is 0. The Morgan fingerprint density at radius 1 is 0.833 bits per heavy atom. The molecule has 0 amide bonds. The van der Waals surface area contributed by atoms with Crippen molar-refractivity contribution < 1.29 is 61.3 Å². The Hall–Kier alpha value is 1.97. The van der Waals surface area contributed by atoms with Crippen LogP contribution in [0, 0.1) is 0 Å². The molecule has 0 fully saturated rings. The molecule has 0 aliphatic rings. The van der Waals surface area contributed by atoms with E-state index in [4.69, 9.17) is 0 Å². The Balaban J connectivity index is 0. The second kappa shape index (κ2) is 63.9. The fourth-order valence-electron chi connectivity index (χ4n) is 0. The molecule has 0 rings (SSSR count). The normalized spacial score (nSPS) is 0. The minimum atomic E-state index is 0. The summed E-state index contributed by atoms with van der Waals surface area (Å²) in [6, 6.07) is 0. The van der Waals surface area contributed by atoms with E-state index < -0.39 is 0 Å². The van der Waals surface area contributed by atoms with Crippen LogP contribution in [0.15, 0.2) is 0 Å². The third-order valence-electron chi connectivity index (χ3n) is 0. The van der Waals surface area contributed by atoms with Crippen LogP contribution in [-0.2, 0) is 50.3 Å². The van der Waals surface area contributed by atoms with Crippen LogP contribution in [0.3, 0.4) is 0 Å². The average Bonchev–Trinajstić information content (AvgIpc) is 0. The maximum Gasteiger partial charge on any atom is 0.187 e. The summed E-state index contributed by atoms with van der Waals surface area (Å²) < 4.78 is 0. The van der Waals surface area contributed by atoms with Crippen molar-refractivity contribution in [1.29, 1.82) is 0 Å². The molecule has 2 nitrogen and oxygen atoms in total. The monoisotopic (exact) mass is 239 g/mol. The molecule has 0 aliphatic carbocycles. The van der Waals surface area contributed by atoms with Crippen molar-refractivity contribution in [2.75, 3.05) is 0 Å². The summed E-state index contributed by atoms with van der Waals surface area (Å²) in [5.41, 5.74) is 0. The summed E-state index contributed by atoms with van der Waals surface area (Å²) in [5, 5.41) is 0. The molecule has 0 atom stereocenters. The summed E-state index contributed by atoms with van der Waals surface area (Å²) in [4.78, 5) is 0. The van der Waals surface area contributed by atoms with E-state index in [1.165, 1.54) is 0 Å². The van der Waals surface area contributed by atoms with E-state index in [9.17, 15) is 0 Å². The van der Waals surface area contributed by atoms with E-state index in [0.29, 0.717) is 0 Å². The fourth-order valence-corrected chi connectivity index (χ4v) is 0. The van der Waals surface area contributed by atoms with Crippen molar-refractivity contribution >= 4 is 17.4 Å². The first-order chi connectivity index (χ1) is 0. The van der Waals surface area contributed by atoms with Gasteiger partial charge in [-0.1, -0.05) is 0 Å². The van der Waals surface area contributed by atoms with E-state index in [-0.39, 0.29) is 78.7 Å². The smallest absolute Gasteiger partial charge is 0.187 e. The molecule has 0 saturated heterocycles. The Labute approximate surface area is 78.2 Å². The van der Waals surface area contributed by atoms with Gasteiger partial charge < -0.3 is 11.0 Å². The quantitative estimate of drug-likeness (QED) is 0.409. The van der Waals surface area contributed by atoms with Crippen LogP contribution < -0.4 is 0 Å². The van der Waals surface area contributed by atoms with Gasteiger partial charge in [0.15, 0.2) is 17.4 Å². The van der Waals surface area contributed by atoms with Crippen LogP contribution in [0.1, 0.15) is 0 Å². The number of hydrogen-bond donors (Lipinski definition) is 0. The van der Waals surface area contributed by atoms with E-state index in [0.717, 1.165) is 0 Å². The first kappa shape index (κ1) is 99.7. The fraction of sp³-hybridized carbons (Fsp3) is 0. The molecule has 0 unspecified atom stereocenters. The molecular weight excluding hydrogens is 232 g/mol. The second-order valence-electron chi connectivity index (χ2n) is 0. The molecule has 49 valence electrons. The van der Waals surface area contributed by atoms with Crippen LogP contribution in [0.25, 0.3) is 0 Å². The molecular formula is H7AlCoFeNiO2. The molecule has 4 N–H and O–H groups in total. The van der Waals surface area contributed by atoms with Crippen LogP contribution in [-0.4, -0.2) is 28.3 Å². The minimum Gasteiger partial charge on any atom is -0.412 e. The Morgan fingerprint density at radius 2 is 0.833 bits per heavy atom. The van der Waals surface area contributed by atoms with Gasteiger partial charge in [-0.3, -0.25) is 0 Å². The van der Waals surface area contributed by atoms with Gasteiger partial charge in [0.2, 0.25) is 0 Å². The summed E-state index contributed by atoms with van der Waals surface area (Å²) in [7, 11) is 0. The minimum absolute atomic E-state index is 0.